The molecule has 0 radical (unpaired) electrons. The molecule has 0 aliphatic heterocycles. The van der Waals surface area contributed by atoms with Gasteiger partial charge in [-0.25, -0.2) is 9.78 Å². The van der Waals surface area contributed by atoms with Gasteiger partial charge in [-0.1, -0.05) is 6.92 Å². The van der Waals surface area contributed by atoms with Crippen LogP contribution in [-0.2, 0) is 4.74 Å². The molecule has 0 bridgehead atoms. The molecule has 2 aromatic rings. The summed E-state index contributed by atoms with van der Waals surface area (Å²) in [6.07, 6.45) is 4.05. The van der Waals surface area contributed by atoms with E-state index in [2.05, 4.69) is 20.9 Å². The second kappa shape index (κ2) is 4.87. The van der Waals surface area contributed by atoms with Crippen LogP contribution >= 0.6 is 15.9 Å². The van der Waals surface area contributed by atoms with Crippen molar-refractivity contribution in [3.05, 3.63) is 34.7 Å². The maximum absolute atomic E-state index is 11.9. The molecule has 0 aliphatic carbocycles. The van der Waals surface area contributed by atoms with Gasteiger partial charge >= 0.3 is 5.97 Å². The minimum atomic E-state index is -0.343. The molecule has 0 aromatic carbocycles. The van der Waals surface area contributed by atoms with Crippen LogP contribution in [0.5, 0.6) is 0 Å². The van der Waals surface area contributed by atoms with Gasteiger partial charge in [-0.2, -0.15) is 0 Å². The summed E-state index contributed by atoms with van der Waals surface area (Å²) >= 11 is 3.36. The van der Waals surface area contributed by atoms with E-state index in [1.165, 1.54) is 6.20 Å². The van der Waals surface area contributed by atoms with Crippen molar-refractivity contribution in [3.63, 3.8) is 0 Å². The van der Waals surface area contributed by atoms with Crippen molar-refractivity contribution in [2.45, 2.75) is 26.4 Å². The van der Waals surface area contributed by atoms with Gasteiger partial charge < -0.3 is 4.74 Å². The van der Waals surface area contributed by atoms with E-state index in [4.69, 9.17) is 4.74 Å². The number of rotatable bonds is 3. The molecule has 0 saturated carbocycles. The molecule has 0 aliphatic rings. The number of hydrogen-bond acceptors (Lipinski definition) is 3. The van der Waals surface area contributed by atoms with Crippen LogP contribution in [0.15, 0.2) is 29.0 Å². The van der Waals surface area contributed by atoms with Crippen LogP contribution in [0.25, 0.3) is 5.65 Å². The third-order valence-corrected chi connectivity index (χ3v) is 3.03. The average Bonchev–Trinajstić information content (AvgIpc) is 2.71. The van der Waals surface area contributed by atoms with Crippen molar-refractivity contribution in [2.75, 3.05) is 0 Å². The molecule has 0 fully saturated rings. The zero-order valence-electron chi connectivity index (χ0n) is 9.68. The lowest BCUT2D eigenvalue weighted by atomic mass is 10.3. The number of halogens is 1. The zero-order valence-corrected chi connectivity index (χ0v) is 11.3. The number of imidazole rings is 1. The van der Waals surface area contributed by atoms with E-state index in [1.54, 1.807) is 10.6 Å². The predicted molar refractivity (Wildman–Crippen MR) is 68.1 cm³/mol. The summed E-state index contributed by atoms with van der Waals surface area (Å²) in [7, 11) is 0. The third-order valence-electron chi connectivity index (χ3n) is 2.56. The first-order chi connectivity index (χ1) is 8.11. The molecule has 17 heavy (non-hydrogen) atoms. The Morgan fingerprint density at radius 1 is 1.59 bits per heavy atom. The highest BCUT2D eigenvalue weighted by atomic mass is 79.9. The Hall–Kier alpha value is -1.36. The van der Waals surface area contributed by atoms with Crippen molar-refractivity contribution in [1.82, 2.24) is 9.38 Å². The number of fused-ring (bicyclic) bond motifs is 1. The first-order valence-corrected chi connectivity index (χ1v) is 6.24. The van der Waals surface area contributed by atoms with Gasteiger partial charge in [0.2, 0.25) is 0 Å². The smallest absolute Gasteiger partial charge is 0.357 e. The number of carbonyl (C=O) groups excluding carboxylic acids is 1. The van der Waals surface area contributed by atoms with E-state index in [1.807, 2.05) is 26.0 Å². The van der Waals surface area contributed by atoms with Gasteiger partial charge in [0.05, 0.1) is 12.3 Å². The van der Waals surface area contributed by atoms with Gasteiger partial charge in [0.25, 0.3) is 0 Å². The fraction of sp³-hybridized carbons (Fsp3) is 0.333. The van der Waals surface area contributed by atoms with Gasteiger partial charge in [0.1, 0.15) is 5.65 Å². The van der Waals surface area contributed by atoms with Gasteiger partial charge in [-0.05, 0) is 41.4 Å². The van der Waals surface area contributed by atoms with Crippen molar-refractivity contribution >= 4 is 27.5 Å². The predicted octanol–water partition coefficient (Wildman–Crippen LogP) is 3.05. The van der Waals surface area contributed by atoms with Crippen LogP contribution in [0.3, 0.4) is 0 Å². The number of esters is 1. The van der Waals surface area contributed by atoms with E-state index in [0.29, 0.717) is 5.69 Å². The normalized spacial score (nSPS) is 12.6. The molecular formula is C12H13BrN2O2. The lowest BCUT2D eigenvalue weighted by molar-refractivity contribution is 0.0326. The fourth-order valence-electron chi connectivity index (χ4n) is 1.43. The molecule has 90 valence electrons. The molecule has 0 saturated heterocycles. The molecule has 5 heteroatoms. The molecule has 2 rings (SSSR count). The summed E-state index contributed by atoms with van der Waals surface area (Å²) in [6.45, 7) is 3.85. The van der Waals surface area contributed by atoms with Crippen LogP contribution in [0.4, 0.5) is 0 Å². The summed E-state index contributed by atoms with van der Waals surface area (Å²) in [5.41, 5.74) is 1.17. The second-order valence-corrected chi connectivity index (χ2v) is 4.76. The minimum absolute atomic E-state index is 0.0831. The summed E-state index contributed by atoms with van der Waals surface area (Å²) in [5.74, 6) is -0.343. The Labute approximate surface area is 108 Å². The van der Waals surface area contributed by atoms with Crippen LogP contribution < -0.4 is 0 Å². The molecule has 4 nitrogen and oxygen atoms in total. The third kappa shape index (κ3) is 2.49. The summed E-state index contributed by atoms with van der Waals surface area (Å²) in [4.78, 5) is 16.1. The minimum Gasteiger partial charge on any atom is -0.458 e. The van der Waals surface area contributed by atoms with E-state index in [-0.39, 0.29) is 12.1 Å². The van der Waals surface area contributed by atoms with Crippen molar-refractivity contribution in [1.29, 1.82) is 0 Å². The lowest BCUT2D eigenvalue weighted by Crippen LogP contribution is -2.15. The second-order valence-electron chi connectivity index (χ2n) is 3.84. The zero-order chi connectivity index (χ0) is 12.4. The SMILES string of the molecule is CCC(C)OC(=O)c1cnc2ccc(Br)cn12. The summed E-state index contributed by atoms with van der Waals surface area (Å²) < 4.78 is 7.88. The summed E-state index contributed by atoms with van der Waals surface area (Å²) in [5, 5.41) is 0. The van der Waals surface area contributed by atoms with Gasteiger partial charge in [0, 0.05) is 10.7 Å². The topological polar surface area (TPSA) is 43.6 Å². The molecule has 0 N–H and O–H groups in total. The number of carbonyl (C=O) groups is 1. The number of hydrogen-bond donors (Lipinski definition) is 0. The van der Waals surface area contributed by atoms with Crippen LogP contribution in [0, 0.1) is 0 Å². The summed E-state index contributed by atoms with van der Waals surface area (Å²) in [6, 6.07) is 3.72. The Bertz CT molecular complexity index is 550. The first-order valence-electron chi connectivity index (χ1n) is 5.45. The van der Waals surface area contributed by atoms with Crippen molar-refractivity contribution in [3.8, 4) is 0 Å². The highest BCUT2D eigenvalue weighted by molar-refractivity contribution is 9.10. The molecule has 1 atom stereocenters. The van der Waals surface area contributed by atoms with E-state index in [0.717, 1.165) is 16.5 Å². The van der Waals surface area contributed by atoms with Crippen LogP contribution in [0.1, 0.15) is 30.8 Å². The molecule has 1 unspecified atom stereocenters. The monoisotopic (exact) mass is 296 g/mol. The Balaban J connectivity index is 2.35. The number of pyridine rings is 1. The standard InChI is InChI=1S/C12H13BrN2O2/c1-3-8(2)17-12(16)10-6-14-11-5-4-9(13)7-15(10)11/h4-8H,3H2,1-2H3. The Kier molecular flexibility index (Phi) is 3.47. The molecule has 2 aromatic heterocycles. The maximum atomic E-state index is 11.9. The number of nitrogens with zero attached hydrogens (tertiary/aromatic N) is 2. The largest absolute Gasteiger partial charge is 0.458 e. The molecule has 0 amide bonds. The van der Waals surface area contributed by atoms with Gasteiger partial charge in [-0.3, -0.25) is 4.40 Å². The molecule has 2 heterocycles. The Morgan fingerprint density at radius 3 is 3.06 bits per heavy atom. The fourth-order valence-corrected chi connectivity index (χ4v) is 1.77. The van der Waals surface area contributed by atoms with E-state index < -0.39 is 0 Å². The molecule has 0 spiro atoms. The Morgan fingerprint density at radius 2 is 2.35 bits per heavy atom. The average molecular weight is 297 g/mol. The lowest BCUT2D eigenvalue weighted by Gasteiger charge is -2.10. The molecular weight excluding hydrogens is 284 g/mol. The maximum Gasteiger partial charge on any atom is 0.357 e. The quantitative estimate of drug-likeness (QED) is 0.818. The van der Waals surface area contributed by atoms with Crippen LogP contribution in [0.2, 0.25) is 0 Å². The van der Waals surface area contributed by atoms with Crippen molar-refractivity contribution < 1.29 is 9.53 Å². The van der Waals surface area contributed by atoms with Crippen molar-refractivity contribution in [2.24, 2.45) is 0 Å². The van der Waals surface area contributed by atoms with Crippen LogP contribution in [-0.4, -0.2) is 21.5 Å². The van der Waals surface area contributed by atoms with E-state index in [9.17, 15) is 4.79 Å². The van der Waals surface area contributed by atoms with Gasteiger partial charge in [-0.15, -0.1) is 0 Å². The van der Waals surface area contributed by atoms with E-state index >= 15 is 0 Å². The van der Waals surface area contributed by atoms with Gasteiger partial charge in [0.15, 0.2) is 5.69 Å². The number of ether oxygens (including phenoxy) is 1. The number of aromatic nitrogens is 2. The first kappa shape index (κ1) is 12.1. The highest BCUT2D eigenvalue weighted by Crippen LogP contribution is 2.15. The highest BCUT2D eigenvalue weighted by Gasteiger charge is 2.15.